The standard InChI is InChI=1S/C25H33NO4/c1-30-25(29)15-7-2-3-10-20-26-22(17-19-24(26)28)16-18-23(27)14-9-8-13-21-11-5-4-6-12-21/h4-6,11-12,16,18,22-23,27H,2-3,7,9-10,14-15,17,19-20H2,1H3/b18-16+/t22-,23-/m0/s1. The topological polar surface area (TPSA) is 66.8 Å². The van der Waals surface area contributed by atoms with Gasteiger partial charge in [0.05, 0.1) is 19.3 Å². The van der Waals surface area contributed by atoms with Gasteiger partial charge in [-0.15, -0.1) is 0 Å². The first-order valence-electron chi connectivity index (χ1n) is 10.9. The third kappa shape index (κ3) is 8.84. The molecule has 0 aliphatic carbocycles. The fourth-order valence-corrected chi connectivity index (χ4v) is 3.51. The number of hydrogen-bond donors (Lipinski definition) is 1. The Hall–Kier alpha value is -2.58. The Morgan fingerprint density at radius 3 is 2.80 bits per heavy atom. The van der Waals surface area contributed by atoms with Crippen LogP contribution in [0.3, 0.4) is 0 Å². The van der Waals surface area contributed by atoms with Crippen molar-refractivity contribution in [2.24, 2.45) is 0 Å². The van der Waals surface area contributed by atoms with Gasteiger partial charge in [0.1, 0.15) is 0 Å². The highest BCUT2D eigenvalue weighted by Gasteiger charge is 2.28. The lowest BCUT2D eigenvalue weighted by molar-refractivity contribution is -0.140. The number of benzene rings is 1. The largest absolute Gasteiger partial charge is 0.469 e. The Kier molecular flexibility index (Phi) is 10.7. The summed E-state index contributed by atoms with van der Waals surface area (Å²) >= 11 is 0. The number of likely N-dealkylation sites (tertiary alicyclic amines) is 1. The molecule has 1 aromatic rings. The van der Waals surface area contributed by atoms with E-state index in [1.165, 1.54) is 7.11 Å². The van der Waals surface area contributed by atoms with Gasteiger partial charge in [-0.1, -0.05) is 55.0 Å². The molecule has 1 N–H and O–H groups in total. The van der Waals surface area contributed by atoms with Crippen LogP contribution < -0.4 is 0 Å². The van der Waals surface area contributed by atoms with E-state index in [0.29, 0.717) is 25.7 Å². The number of carbonyl (C=O) groups excluding carboxylic acids is 2. The van der Waals surface area contributed by atoms with Crippen molar-refractivity contribution in [2.45, 2.75) is 69.9 Å². The number of methoxy groups -OCH3 is 1. The molecule has 1 amide bonds. The van der Waals surface area contributed by atoms with Crippen molar-refractivity contribution in [3.05, 3.63) is 48.0 Å². The van der Waals surface area contributed by atoms with Gasteiger partial charge in [-0.25, -0.2) is 0 Å². The summed E-state index contributed by atoms with van der Waals surface area (Å²) < 4.78 is 4.64. The number of amides is 1. The molecule has 0 bridgehead atoms. The van der Waals surface area contributed by atoms with E-state index in [2.05, 4.69) is 16.6 Å². The lowest BCUT2D eigenvalue weighted by atomic mass is 10.1. The molecule has 1 fully saturated rings. The van der Waals surface area contributed by atoms with Crippen LogP contribution in [-0.4, -0.2) is 47.7 Å². The Morgan fingerprint density at radius 2 is 2.03 bits per heavy atom. The average Bonchev–Trinajstić information content (AvgIpc) is 3.12. The van der Waals surface area contributed by atoms with Crippen molar-refractivity contribution in [1.82, 2.24) is 4.90 Å². The second-order valence-corrected chi connectivity index (χ2v) is 7.59. The molecule has 1 aromatic carbocycles. The van der Waals surface area contributed by atoms with Crippen molar-refractivity contribution < 1.29 is 19.4 Å². The maximum Gasteiger partial charge on any atom is 0.305 e. The summed E-state index contributed by atoms with van der Waals surface area (Å²) in [7, 11) is 1.41. The van der Waals surface area contributed by atoms with Crippen LogP contribution in [0.2, 0.25) is 0 Å². The van der Waals surface area contributed by atoms with E-state index >= 15 is 0 Å². The van der Waals surface area contributed by atoms with Gasteiger partial charge in [-0.3, -0.25) is 9.59 Å². The van der Waals surface area contributed by atoms with E-state index < -0.39 is 6.10 Å². The molecule has 30 heavy (non-hydrogen) atoms. The third-order valence-electron chi connectivity index (χ3n) is 5.26. The van der Waals surface area contributed by atoms with Gasteiger partial charge in [0.15, 0.2) is 0 Å². The lowest BCUT2D eigenvalue weighted by Crippen LogP contribution is -2.32. The van der Waals surface area contributed by atoms with Gasteiger partial charge in [0.25, 0.3) is 0 Å². The molecule has 1 aliphatic rings. The Bertz CT molecular complexity index is 747. The van der Waals surface area contributed by atoms with Gasteiger partial charge in [0, 0.05) is 31.4 Å². The van der Waals surface area contributed by atoms with Crippen LogP contribution in [0, 0.1) is 11.8 Å². The summed E-state index contributed by atoms with van der Waals surface area (Å²) in [5.41, 5.74) is 0.980. The van der Waals surface area contributed by atoms with Crippen LogP contribution in [0.5, 0.6) is 0 Å². The highest BCUT2D eigenvalue weighted by atomic mass is 16.5. The minimum absolute atomic E-state index is 0.0672. The van der Waals surface area contributed by atoms with Gasteiger partial charge in [0.2, 0.25) is 5.91 Å². The van der Waals surface area contributed by atoms with Gasteiger partial charge >= 0.3 is 5.97 Å². The Labute approximate surface area is 180 Å². The molecule has 2 rings (SSSR count). The molecule has 1 saturated heterocycles. The highest BCUT2D eigenvalue weighted by molar-refractivity contribution is 5.79. The van der Waals surface area contributed by atoms with Gasteiger partial charge in [-0.05, 0) is 37.8 Å². The maximum atomic E-state index is 12.2. The van der Waals surface area contributed by atoms with E-state index in [0.717, 1.165) is 44.2 Å². The highest BCUT2D eigenvalue weighted by Crippen LogP contribution is 2.21. The number of rotatable bonds is 11. The maximum absolute atomic E-state index is 12.2. The van der Waals surface area contributed by atoms with E-state index in [-0.39, 0.29) is 17.9 Å². The number of nitrogens with zero attached hydrogens (tertiary/aromatic N) is 1. The molecule has 0 unspecified atom stereocenters. The Morgan fingerprint density at radius 1 is 1.27 bits per heavy atom. The van der Waals surface area contributed by atoms with E-state index in [4.69, 9.17) is 0 Å². The van der Waals surface area contributed by atoms with Gasteiger partial charge in [-0.2, -0.15) is 0 Å². The minimum Gasteiger partial charge on any atom is -0.469 e. The van der Waals surface area contributed by atoms with E-state index in [9.17, 15) is 14.7 Å². The number of unbranched alkanes of at least 4 members (excludes halogenated alkanes) is 3. The van der Waals surface area contributed by atoms with Crippen molar-refractivity contribution >= 4 is 11.9 Å². The zero-order valence-corrected chi connectivity index (χ0v) is 17.9. The quantitative estimate of drug-likeness (QED) is 0.260. The molecule has 1 heterocycles. The monoisotopic (exact) mass is 411 g/mol. The fourth-order valence-electron chi connectivity index (χ4n) is 3.51. The number of carbonyl (C=O) groups is 2. The number of aliphatic hydroxyl groups excluding tert-OH is 1. The van der Waals surface area contributed by atoms with Gasteiger partial charge < -0.3 is 14.7 Å². The molecule has 162 valence electrons. The summed E-state index contributed by atoms with van der Waals surface area (Å²) in [6.45, 7) is 0.727. The average molecular weight is 412 g/mol. The van der Waals surface area contributed by atoms with Crippen LogP contribution >= 0.6 is 0 Å². The van der Waals surface area contributed by atoms with Crippen LogP contribution in [0.4, 0.5) is 0 Å². The molecule has 0 radical (unpaired) electrons. The molecule has 5 heteroatoms. The first kappa shape index (κ1) is 23.7. The molecule has 0 saturated carbocycles. The molecule has 5 nitrogen and oxygen atoms in total. The van der Waals surface area contributed by atoms with E-state index in [1.807, 2.05) is 41.3 Å². The molecule has 0 aromatic heterocycles. The number of aliphatic hydroxyl groups is 1. The molecule has 2 atom stereocenters. The lowest BCUT2D eigenvalue weighted by Gasteiger charge is -2.22. The predicted octanol–water partition coefficient (Wildman–Crippen LogP) is 3.85. The second-order valence-electron chi connectivity index (χ2n) is 7.59. The fraction of sp³-hybridized carbons (Fsp3) is 0.520. The van der Waals surface area contributed by atoms with Crippen LogP contribution in [0.15, 0.2) is 42.5 Å². The number of hydrogen-bond acceptors (Lipinski definition) is 4. The smallest absolute Gasteiger partial charge is 0.305 e. The second kappa shape index (κ2) is 13.6. The number of esters is 1. The Balaban J connectivity index is 1.68. The van der Waals surface area contributed by atoms with Crippen LogP contribution in [-0.2, 0) is 14.3 Å². The third-order valence-corrected chi connectivity index (χ3v) is 5.26. The van der Waals surface area contributed by atoms with Crippen LogP contribution in [0.25, 0.3) is 0 Å². The SMILES string of the molecule is COC(=O)CCCCCCN1C(=O)CC[C@@H]1/C=C/[C@@H](O)CCC#Cc1ccccc1. The normalized spacial score (nSPS) is 17.1. The summed E-state index contributed by atoms with van der Waals surface area (Å²) in [5, 5.41) is 10.2. The van der Waals surface area contributed by atoms with Crippen molar-refractivity contribution in [2.75, 3.05) is 13.7 Å². The summed E-state index contributed by atoms with van der Waals surface area (Å²) in [6, 6.07) is 9.87. The summed E-state index contributed by atoms with van der Waals surface area (Å²) in [6.07, 6.45) is 9.95. The van der Waals surface area contributed by atoms with Crippen molar-refractivity contribution in [3.8, 4) is 11.8 Å². The summed E-state index contributed by atoms with van der Waals surface area (Å²) in [5.74, 6) is 6.20. The number of ether oxygens (including phenoxy) is 1. The van der Waals surface area contributed by atoms with Crippen molar-refractivity contribution in [1.29, 1.82) is 0 Å². The van der Waals surface area contributed by atoms with Crippen molar-refractivity contribution in [3.63, 3.8) is 0 Å². The molecular formula is C25H33NO4. The molecular weight excluding hydrogens is 378 g/mol. The zero-order valence-electron chi connectivity index (χ0n) is 17.9. The molecule has 1 aliphatic heterocycles. The zero-order chi connectivity index (χ0) is 21.6. The van der Waals surface area contributed by atoms with E-state index in [1.54, 1.807) is 6.08 Å². The predicted molar refractivity (Wildman–Crippen MR) is 118 cm³/mol. The molecule has 0 spiro atoms. The first-order valence-corrected chi connectivity index (χ1v) is 10.9. The summed E-state index contributed by atoms with van der Waals surface area (Å²) in [4.78, 5) is 25.2. The first-order chi connectivity index (χ1) is 14.6. The van der Waals surface area contributed by atoms with Crippen LogP contribution in [0.1, 0.15) is 63.4 Å². The minimum atomic E-state index is -0.550.